The lowest BCUT2D eigenvalue weighted by atomic mass is 10.2. The van der Waals surface area contributed by atoms with Gasteiger partial charge in [0, 0.05) is 5.69 Å². The molecule has 64 valence electrons. The van der Waals surface area contributed by atoms with Crippen LogP contribution in [0.4, 0.5) is 5.82 Å². The van der Waals surface area contributed by atoms with Gasteiger partial charge in [0.15, 0.2) is 16.6 Å². The Morgan fingerprint density at radius 2 is 2.25 bits per heavy atom. The summed E-state index contributed by atoms with van der Waals surface area (Å²) >= 11 is 11.6. The molecule has 6 heteroatoms. The number of amidine groups is 1. The Hall–Kier alpha value is -0.740. The first-order valence-electron chi connectivity index (χ1n) is 3.37. The number of hydrogen-bond acceptors (Lipinski definition) is 3. The molecule has 0 bridgehead atoms. The van der Waals surface area contributed by atoms with Gasteiger partial charge in [-0.25, -0.2) is 4.99 Å². The third kappa shape index (κ3) is 1.07. The smallest absolute Gasteiger partial charge is 0.198 e. The molecule has 2 heterocycles. The van der Waals surface area contributed by atoms with E-state index in [9.17, 15) is 0 Å². The summed E-state index contributed by atoms with van der Waals surface area (Å²) in [5.74, 6) is 0.660. The summed E-state index contributed by atoms with van der Waals surface area (Å²) < 4.78 is 0. The van der Waals surface area contributed by atoms with Gasteiger partial charge in [0.05, 0.1) is 5.56 Å². The SMILES string of the molecule is Cc1[nH]nc2c1[C@@H](Cl)N=C(Cl)N2. The van der Waals surface area contributed by atoms with Crippen molar-refractivity contribution in [3.05, 3.63) is 11.3 Å². The number of halogens is 2. The van der Waals surface area contributed by atoms with E-state index in [0.717, 1.165) is 11.3 Å². The molecule has 0 amide bonds. The van der Waals surface area contributed by atoms with Gasteiger partial charge in [-0.1, -0.05) is 11.6 Å². The van der Waals surface area contributed by atoms with Crippen LogP contribution in [-0.2, 0) is 0 Å². The van der Waals surface area contributed by atoms with E-state index in [2.05, 4.69) is 20.5 Å². The molecule has 0 saturated heterocycles. The highest BCUT2D eigenvalue weighted by Gasteiger charge is 2.23. The Kier molecular flexibility index (Phi) is 1.73. The Morgan fingerprint density at radius 3 is 3.00 bits per heavy atom. The van der Waals surface area contributed by atoms with Crippen molar-refractivity contribution in [3.8, 4) is 0 Å². The van der Waals surface area contributed by atoms with Crippen molar-refractivity contribution in [2.75, 3.05) is 5.32 Å². The van der Waals surface area contributed by atoms with Crippen LogP contribution in [0.2, 0.25) is 0 Å². The van der Waals surface area contributed by atoms with Gasteiger partial charge in [-0.15, -0.1) is 0 Å². The van der Waals surface area contributed by atoms with E-state index in [0.29, 0.717) is 5.82 Å². The van der Waals surface area contributed by atoms with Crippen LogP contribution in [0.15, 0.2) is 4.99 Å². The minimum absolute atomic E-state index is 0.272. The zero-order valence-electron chi connectivity index (χ0n) is 6.23. The van der Waals surface area contributed by atoms with Crippen LogP contribution in [0, 0.1) is 6.92 Å². The van der Waals surface area contributed by atoms with E-state index < -0.39 is 5.50 Å². The molecular formula is C6H6Cl2N4. The predicted molar refractivity (Wildman–Crippen MR) is 48.8 cm³/mol. The maximum atomic E-state index is 5.92. The van der Waals surface area contributed by atoms with Crippen LogP contribution in [0.25, 0.3) is 0 Å². The summed E-state index contributed by atoms with van der Waals surface area (Å²) in [4.78, 5) is 3.93. The summed E-state index contributed by atoms with van der Waals surface area (Å²) in [6, 6.07) is 0. The number of H-pyrrole nitrogens is 1. The Labute approximate surface area is 79.0 Å². The van der Waals surface area contributed by atoms with Gasteiger partial charge in [-0.3, -0.25) is 5.10 Å². The van der Waals surface area contributed by atoms with Gasteiger partial charge >= 0.3 is 0 Å². The highest BCUT2D eigenvalue weighted by atomic mass is 35.5. The lowest BCUT2D eigenvalue weighted by Crippen LogP contribution is -2.13. The Morgan fingerprint density at radius 1 is 1.50 bits per heavy atom. The molecule has 0 radical (unpaired) electrons. The quantitative estimate of drug-likeness (QED) is 0.502. The van der Waals surface area contributed by atoms with E-state index in [-0.39, 0.29) is 5.29 Å². The highest BCUT2D eigenvalue weighted by Crippen LogP contribution is 2.33. The van der Waals surface area contributed by atoms with E-state index in [1.165, 1.54) is 0 Å². The number of aromatic nitrogens is 2. The first kappa shape index (κ1) is 7.89. The summed E-state index contributed by atoms with van der Waals surface area (Å²) in [6.07, 6.45) is 0. The van der Waals surface area contributed by atoms with E-state index in [1.54, 1.807) is 0 Å². The molecular weight excluding hydrogens is 199 g/mol. The normalized spacial score (nSPS) is 21.2. The summed E-state index contributed by atoms with van der Waals surface area (Å²) in [6.45, 7) is 1.89. The fourth-order valence-electron chi connectivity index (χ4n) is 1.12. The minimum atomic E-state index is -0.438. The van der Waals surface area contributed by atoms with Crippen molar-refractivity contribution < 1.29 is 0 Å². The first-order valence-corrected chi connectivity index (χ1v) is 4.19. The molecule has 0 aliphatic carbocycles. The van der Waals surface area contributed by atoms with E-state index in [4.69, 9.17) is 23.2 Å². The fourth-order valence-corrected chi connectivity index (χ4v) is 1.72. The van der Waals surface area contributed by atoms with Crippen molar-refractivity contribution in [1.82, 2.24) is 10.2 Å². The summed E-state index contributed by atoms with van der Waals surface area (Å²) in [5, 5.41) is 9.84. The number of nitrogens with zero attached hydrogens (tertiary/aromatic N) is 2. The topological polar surface area (TPSA) is 53.1 Å². The molecule has 4 nitrogen and oxygen atoms in total. The van der Waals surface area contributed by atoms with Gasteiger partial charge in [-0.2, -0.15) is 5.10 Å². The van der Waals surface area contributed by atoms with Gasteiger partial charge in [0.1, 0.15) is 0 Å². The van der Waals surface area contributed by atoms with Gasteiger partial charge in [-0.05, 0) is 18.5 Å². The third-order valence-corrected chi connectivity index (χ3v) is 2.19. The predicted octanol–water partition coefficient (Wildman–Crippen LogP) is 1.98. The molecule has 1 aliphatic rings. The molecule has 1 aliphatic heterocycles. The Bertz CT molecular complexity index is 343. The maximum absolute atomic E-state index is 5.92. The third-order valence-electron chi connectivity index (χ3n) is 1.68. The number of aryl methyl sites for hydroxylation is 1. The van der Waals surface area contributed by atoms with Gasteiger partial charge < -0.3 is 5.32 Å². The molecule has 12 heavy (non-hydrogen) atoms. The molecule has 1 atom stereocenters. The molecule has 2 rings (SSSR count). The molecule has 0 aromatic carbocycles. The van der Waals surface area contributed by atoms with Crippen LogP contribution in [-0.4, -0.2) is 15.5 Å². The summed E-state index contributed by atoms with van der Waals surface area (Å²) in [5.41, 5.74) is 1.33. The van der Waals surface area contributed by atoms with Crippen LogP contribution in [0.3, 0.4) is 0 Å². The fraction of sp³-hybridized carbons (Fsp3) is 0.333. The van der Waals surface area contributed by atoms with Gasteiger partial charge in [0.25, 0.3) is 0 Å². The van der Waals surface area contributed by atoms with Crippen LogP contribution in [0.5, 0.6) is 0 Å². The molecule has 0 fully saturated rings. The second kappa shape index (κ2) is 2.64. The van der Waals surface area contributed by atoms with Crippen molar-refractivity contribution in [1.29, 1.82) is 0 Å². The van der Waals surface area contributed by atoms with Crippen molar-refractivity contribution >= 4 is 34.3 Å². The van der Waals surface area contributed by atoms with E-state index in [1.807, 2.05) is 6.92 Å². The van der Waals surface area contributed by atoms with Gasteiger partial charge in [0.2, 0.25) is 0 Å². The molecule has 0 saturated carbocycles. The molecule has 0 unspecified atom stereocenters. The number of alkyl halides is 1. The first-order chi connectivity index (χ1) is 5.68. The number of nitrogens with one attached hydrogen (secondary N) is 2. The van der Waals surface area contributed by atoms with Crippen molar-refractivity contribution in [2.24, 2.45) is 4.99 Å². The Balaban J connectivity index is 2.51. The average molecular weight is 205 g/mol. The monoisotopic (exact) mass is 204 g/mol. The van der Waals surface area contributed by atoms with Crippen LogP contribution in [0.1, 0.15) is 16.8 Å². The number of hydrogen-bond donors (Lipinski definition) is 2. The molecule has 2 N–H and O–H groups in total. The average Bonchev–Trinajstić information content (AvgIpc) is 2.31. The zero-order chi connectivity index (χ0) is 8.72. The number of rotatable bonds is 0. The molecule has 1 aromatic heterocycles. The molecule has 0 spiro atoms. The zero-order valence-corrected chi connectivity index (χ0v) is 7.74. The molecule has 1 aromatic rings. The second-order valence-corrected chi connectivity index (χ2v) is 3.26. The number of fused-ring (bicyclic) bond motifs is 1. The second-order valence-electron chi connectivity index (χ2n) is 2.49. The largest absolute Gasteiger partial charge is 0.313 e. The summed E-state index contributed by atoms with van der Waals surface area (Å²) in [7, 11) is 0. The minimum Gasteiger partial charge on any atom is -0.313 e. The highest BCUT2D eigenvalue weighted by molar-refractivity contribution is 6.67. The van der Waals surface area contributed by atoms with Crippen LogP contribution < -0.4 is 5.32 Å². The lowest BCUT2D eigenvalue weighted by molar-refractivity contribution is 0.990. The standard InChI is InChI=1S/C6H6Cl2N4/c1-2-3-4(7)9-6(8)10-5(3)12-11-2/h4H,1H3,(H2,9,10,11,12)/t4-/m0/s1. The van der Waals surface area contributed by atoms with Crippen LogP contribution >= 0.6 is 23.2 Å². The number of aliphatic imine (C=N–C) groups is 1. The van der Waals surface area contributed by atoms with Crippen molar-refractivity contribution in [2.45, 2.75) is 12.4 Å². The number of anilines is 1. The van der Waals surface area contributed by atoms with Crippen molar-refractivity contribution in [3.63, 3.8) is 0 Å². The van der Waals surface area contributed by atoms with E-state index >= 15 is 0 Å². The number of aromatic amines is 1. The lowest BCUT2D eigenvalue weighted by Gasteiger charge is -2.13. The maximum Gasteiger partial charge on any atom is 0.198 e.